The molecule has 0 aromatic carbocycles. The first-order valence-corrected chi connectivity index (χ1v) is 18.1. The van der Waals surface area contributed by atoms with Crippen LogP contribution in [0.25, 0.3) is 0 Å². The minimum atomic E-state index is -1.26. The van der Waals surface area contributed by atoms with Crippen LogP contribution in [-0.2, 0) is 0 Å². The maximum atomic E-state index is 4.49. The Morgan fingerprint density at radius 3 is 2.60 bits per heavy atom. The summed E-state index contributed by atoms with van der Waals surface area (Å²) in [6.45, 7) is 0. The number of hydrogen-bond acceptors (Lipinski definition) is 6. The molecule has 3 aliphatic rings. The standard InChI is InChI=1S/C4H3Ge2N2S2.C2H2GeNS/c1-2-10-6(7-1)4-3-9-5-8-4;1-2-5-3-4-1/h1-3H;1-2H. The summed E-state index contributed by atoms with van der Waals surface area (Å²) in [4.78, 5) is 0. The summed E-state index contributed by atoms with van der Waals surface area (Å²) in [5.41, 5.74) is 0. The van der Waals surface area contributed by atoms with Gasteiger partial charge in [-0.05, 0) is 0 Å². The van der Waals surface area contributed by atoms with Crippen LogP contribution in [0.1, 0.15) is 0 Å². The molecular weight excluding hydrogens is 428 g/mol. The summed E-state index contributed by atoms with van der Waals surface area (Å²) in [6, 6.07) is 0. The summed E-state index contributed by atoms with van der Waals surface area (Å²) in [7, 11) is 5.66. The third-order valence-electron chi connectivity index (χ3n) is 1.35. The summed E-state index contributed by atoms with van der Waals surface area (Å²) < 4.78 is 14.2. The predicted octanol–water partition coefficient (Wildman–Crippen LogP) is 2.90. The van der Waals surface area contributed by atoms with Crippen LogP contribution in [0.15, 0.2) is 44.9 Å². The molecule has 0 aliphatic carbocycles. The molecule has 0 amide bonds. The number of hydrogen-bond donors (Lipinski definition) is 0. The van der Waals surface area contributed by atoms with E-state index >= 15 is 0 Å². The fourth-order valence-corrected chi connectivity index (χ4v) is 17.1. The summed E-state index contributed by atoms with van der Waals surface area (Å²) in [5, 5.41) is 6.35. The molecule has 2 radical (unpaired) electrons. The molecule has 3 heterocycles. The first kappa shape index (κ1) is 12.7. The molecule has 0 saturated heterocycles. The van der Waals surface area contributed by atoms with E-state index in [0.29, 0.717) is 0 Å². The van der Waals surface area contributed by atoms with Crippen molar-refractivity contribution < 1.29 is 0 Å². The number of nitrogens with zero attached hydrogens (tertiary/aromatic N) is 3. The topological polar surface area (TPSA) is 37.1 Å². The molecule has 0 aromatic rings. The Morgan fingerprint density at radius 2 is 2.13 bits per heavy atom. The van der Waals surface area contributed by atoms with Crippen LogP contribution in [0.2, 0.25) is 0 Å². The van der Waals surface area contributed by atoms with Crippen LogP contribution in [0, 0.1) is 0 Å². The van der Waals surface area contributed by atoms with Crippen molar-refractivity contribution in [2.45, 2.75) is 0 Å². The molecule has 9 heteroatoms. The molecule has 3 rings (SSSR count). The number of rotatable bonds is 1. The van der Waals surface area contributed by atoms with E-state index in [1.807, 2.05) is 48.1 Å². The average molecular weight is 433 g/mol. The molecule has 3 aliphatic heterocycles. The van der Waals surface area contributed by atoms with Gasteiger partial charge in [0.2, 0.25) is 0 Å². The Hall–Kier alpha value is 1.30. The van der Waals surface area contributed by atoms with E-state index in [4.69, 9.17) is 0 Å². The Labute approximate surface area is 115 Å². The van der Waals surface area contributed by atoms with Gasteiger partial charge in [-0.1, -0.05) is 0 Å². The molecule has 0 N–H and O–H groups in total. The molecule has 0 spiro atoms. The van der Waals surface area contributed by atoms with Crippen molar-refractivity contribution in [2.24, 2.45) is 11.7 Å². The molecule has 0 fully saturated rings. The van der Waals surface area contributed by atoms with Crippen molar-refractivity contribution in [3.8, 4) is 0 Å². The zero-order valence-electron chi connectivity index (χ0n) is 7.45. The first-order valence-electron chi connectivity index (χ1n) is 3.94. The molecule has 0 atom stereocenters. The molecule has 0 unspecified atom stereocenters. The Morgan fingerprint density at radius 1 is 1.13 bits per heavy atom. The molecular formula is C6H5Ge3N3S3. The molecule has 0 bridgehead atoms. The Kier molecular flexibility index (Phi) is 6.45. The molecule has 15 heavy (non-hydrogen) atoms. The SMILES string of the molecule is C1=C[S][Ge]([C]2=C[S][Ge]=[N]2)=[N]1.C1=C[S][Ge]=[N]1. The van der Waals surface area contributed by atoms with E-state index in [0.717, 1.165) is 0 Å². The monoisotopic (exact) mass is 437 g/mol. The summed E-state index contributed by atoms with van der Waals surface area (Å²) >= 11 is -1.23. The van der Waals surface area contributed by atoms with Crippen LogP contribution in [0.4, 0.5) is 0 Å². The van der Waals surface area contributed by atoms with Crippen LogP contribution in [0.3, 0.4) is 0 Å². The second-order valence-corrected chi connectivity index (χ2v) is 16.8. The molecule has 0 saturated carbocycles. The van der Waals surface area contributed by atoms with Gasteiger partial charge in [0.1, 0.15) is 0 Å². The van der Waals surface area contributed by atoms with Gasteiger partial charge in [0, 0.05) is 0 Å². The second kappa shape index (κ2) is 7.59. The van der Waals surface area contributed by atoms with Gasteiger partial charge in [0.25, 0.3) is 0 Å². The third-order valence-corrected chi connectivity index (χ3v) is 15.4. The summed E-state index contributed by atoms with van der Waals surface area (Å²) in [6.07, 6.45) is 3.81. The van der Waals surface area contributed by atoms with Gasteiger partial charge in [0.15, 0.2) is 0 Å². The van der Waals surface area contributed by atoms with Gasteiger partial charge in [-0.3, -0.25) is 0 Å². The van der Waals surface area contributed by atoms with Gasteiger partial charge in [-0.25, -0.2) is 0 Å². The van der Waals surface area contributed by atoms with E-state index < -0.39 is 13.0 Å². The van der Waals surface area contributed by atoms with Crippen molar-refractivity contribution in [2.75, 3.05) is 0 Å². The van der Waals surface area contributed by atoms with Gasteiger partial charge in [0.05, 0.1) is 0 Å². The quantitative estimate of drug-likeness (QED) is 0.598. The van der Waals surface area contributed by atoms with Crippen LogP contribution in [0.5, 0.6) is 0 Å². The van der Waals surface area contributed by atoms with E-state index in [9.17, 15) is 0 Å². The predicted molar refractivity (Wildman–Crippen MR) is 73.7 cm³/mol. The fraction of sp³-hybridized carbons (Fsp3) is 0. The van der Waals surface area contributed by atoms with E-state index in [2.05, 4.69) is 22.5 Å². The van der Waals surface area contributed by atoms with Crippen molar-refractivity contribution >= 4 is 71.5 Å². The van der Waals surface area contributed by atoms with Gasteiger partial charge in [-0.2, -0.15) is 0 Å². The fourth-order valence-electron chi connectivity index (χ4n) is 0.784. The van der Waals surface area contributed by atoms with Crippen LogP contribution >= 0.6 is 30.3 Å². The van der Waals surface area contributed by atoms with Crippen LogP contribution in [-0.4, -0.2) is 41.2 Å². The summed E-state index contributed by atoms with van der Waals surface area (Å²) in [5.74, 6) is 0. The first-order chi connectivity index (χ1) is 7.47. The Balaban J connectivity index is 0.000000144. The van der Waals surface area contributed by atoms with E-state index in [1.165, 1.54) is 4.53 Å². The third kappa shape index (κ3) is 4.58. The van der Waals surface area contributed by atoms with E-state index in [-0.39, 0.29) is 28.2 Å². The van der Waals surface area contributed by atoms with Gasteiger partial charge < -0.3 is 0 Å². The minimum absolute atomic E-state index is 0.0416. The Bertz CT molecular complexity index is 403. The molecule has 3 nitrogen and oxygen atoms in total. The van der Waals surface area contributed by atoms with Gasteiger partial charge in [-0.15, -0.1) is 0 Å². The van der Waals surface area contributed by atoms with E-state index in [1.54, 1.807) is 0 Å². The molecule has 74 valence electrons. The van der Waals surface area contributed by atoms with Gasteiger partial charge >= 0.3 is 116 Å². The zero-order valence-corrected chi connectivity index (χ0v) is 16.2. The van der Waals surface area contributed by atoms with Crippen molar-refractivity contribution in [3.63, 3.8) is 0 Å². The molecule has 0 aromatic heterocycles. The normalized spacial score (nSPS) is 20.3. The average Bonchev–Trinajstić information content (AvgIpc) is 3.06. The van der Waals surface area contributed by atoms with Crippen LogP contribution < -0.4 is 0 Å². The van der Waals surface area contributed by atoms with Crippen molar-refractivity contribution in [1.29, 1.82) is 0 Å². The second-order valence-electron chi connectivity index (χ2n) is 2.28. The van der Waals surface area contributed by atoms with Crippen molar-refractivity contribution in [1.82, 2.24) is 0 Å². The maximum absolute atomic E-state index is 4.49. The van der Waals surface area contributed by atoms with Crippen molar-refractivity contribution in [3.05, 3.63) is 33.2 Å². The zero-order chi connectivity index (χ0) is 10.3.